The van der Waals surface area contributed by atoms with Gasteiger partial charge in [0.25, 0.3) is 0 Å². The van der Waals surface area contributed by atoms with Crippen LogP contribution in [0.1, 0.15) is 22.3 Å². The SMILES string of the molecule is C=C(c1ccc(OC)c(I)c1)c1cc(C)c(C)c(OC)c1. The van der Waals surface area contributed by atoms with E-state index in [1.807, 2.05) is 18.2 Å². The van der Waals surface area contributed by atoms with E-state index in [0.717, 1.165) is 31.8 Å². The Morgan fingerprint density at radius 3 is 2.19 bits per heavy atom. The van der Waals surface area contributed by atoms with Gasteiger partial charge in [-0.05, 0) is 82.5 Å². The summed E-state index contributed by atoms with van der Waals surface area (Å²) in [6.45, 7) is 8.39. The van der Waals surface area contributed by atoms with Crippen LogP contribution in [0.25, 0.3) is 5.57 Å². The summed E-state index contributed by atoms with van der Waals surface area (Å²) in [4.78, 5) is 0. The summed E-state index contributed by atoms with van der Waals surface area (Å²) in [5, 5.41) is 0. The second kappa shape index (κ2) is 6.52. The van der Waals surface area contributed by atoms with E-state index in [4.69, 9.17) is 9.47 Å². The van der Waals surface area contributed by atoms with Crippen molar-refractivity contribution in [1.29, 1.82) is 0 Å². The first-order valence-corrected chi connectivity index (χ1v) is 7.74. The first kappa shape index (κ1) is 15.9. The molecule has 0 atom stereocenters. The van der Waals surface area contributed by atoms with Crippen LogP contribution in [-0.2, 0) is 0 Å². The topological polar surface area (TPSA) is 18.5 Å². The molecule has 2 nitrogen and oxygen atoms in total. The molecule has 0 aromatic heterocycles. The van der Waals surface area contributed by atoms with Crippen LogP contribution in [0.2, 0.25) is 0 Å². The van der Waals surface area contributed by atoms with Gasteiger partial charge >= 0.3 is 0 Å². The lowest BCUT2D eigenvalue weighted by Gasteiger charge is -2.14. The smallest absolute Gasteiger partial charge is 0.132 e. The molecule has 0 spiro atoms. The average molecular weight is 394 g/mol. The second-order valence-electron chi connectivity index (χ2n) is 4.95. The van der Waals surface area contributed by atoms with Gasteiger partial charge in [0, 0.05) is 0 Å². The van der Waals surface area contributed by atoms with Gasteiger partial charge in [0.15, 0.2) is 0 Å². The summed E-state index contributed by atoms with van der Waals surface area (Å²) in [5.74, 6) is 1.78. The molecule has 0 amide bonds. The van der Waals surface area contributed by atoms with Crippen molar-refractivity contribution < 1.29 is 9.47 Å². The van der Waals surface area contributed by atoms with Crippen molar-refractivity contribution >= 4 is 28.2 Å². The summed E-state index contributed by atoms with van der Waals surface area (Å²) in [7, 11) is 3.38. The predicted octanol–water partition coefficient (Wildman–Crippen LogP) is 4.99. The molecule has 0 heterocycles. The molecular formula is C18H19IO2. The molecule has 0 aliphatic rings. The lowest BCUT2D eigenvalue weighted by atomic mass is 9.95. The molecule has 3 heteroatoms. The lowest BCUT2D eigenvalue weighted by molar-refractivity contribution is 0.411. The molecule has 2 rings (SSSR count). The maximum atomic E-state index is 5.45. The molecule has 0 bridgehead atoms. The van der Waals surface area contributed by atoms with E-state index < -0.39 is 0 Å². The van der Waals surface area contributed by atoms with Crippen LogP contribution < -0.4 is 9.47 Å². The Bertz CT molecular complexity index is 690. The standard InChI is InChI=1S/C18H19IO2/c1-11-8-15(10-18(21-5)12(11)2)13(3)14-6-7-17(20-4)16(19)9-14/h6-10H,3H2,1-2,4-5H3. The lowest BCUT2D eigenvalue weighted by Crippen LogP contribution is -1.95. The highest BCUT2D eigenvalue weighted by atomic mass is 127. The minimum atomic E-state index is 0.879. The molecule has 0 aliphatic carbocycles. The quantitative estimate of drug-likeness (QED) is 0.681. The van der Waals surface area contributed by atoms with Crippen LogP contribution in [0, 0.1) is 17.4 Å². The van der Waals surface area contributed by atoms with Gasteiger partial charge < -0.3 is 9.47 Å². The number of hydrogen-bond donors (Lipinski definition) is 0. The normalized spacial score (nSPS) is 10.3. The highest BCUT2D eigenvalue weighted by molar-refractivity contribution is 14.1. The van der Waals surface area contributed by atoms with Crippen molar-refractivity contribution in [2.24, 2.45) is 0 Å². The van der Waals surface area contributed by atoms with Gasteiger partial charge in [0.05, 0.1) is 17.8 Å². The molecule has 0 saturated carbocycles. The molecule has 2 aromatic rings. The monoisotopic (exact) mass is 394 g/mol. The summed E-state index contributed by atoms with van der Waals surface area (Å²) >= 11 is 2.27. The van der Waals surface area contributed by atoms with Gasteiger partial charge in [-0.3, -0.25) is 0 Å². The van der Waals surface area contributed by atoms with Crippen molar-refractivity contribution in [3.63, 3.8) is 0 Å². The van der Waals surface area contributed by atoms with Crippen molar-refractivity contribution in [1.82, 2.24) is 0 Å². The first-order chi connectivity index (χ1) is 9.97. The van der Waals surface area contributed by atoms with E-state index in [2.05, 4.69) is 55.2 Å². The molecular weight excluding hydrogens is 375 g/mol. The third-order valence-corrected chi connectivity index (χ3v) is 4.53. The van der Waals surface area contributed by atoms with Gasteiger partial charge in [-0.2, -0.15) is 0 Å². The summed E-state index contributed by atoms with van der Waals surface area (Å²) in [6.07, 6.45) is 0. The zero-order valence-electron chi connectivity index (χ0n) is 12.8. The molecule has 110 valence electrons. The van der Waals surface area contributed by atoms with E-state index >= 15 is 0 Å². The van der Waals surface area contributed by atoms with Crippen LogP contribution in [-0.4, -0.2) is 14.2 Å². The maximum absolute atomic E-state index is 5.45. The number of hydrogen-bond acceptors (Lipinski definition) is 2. The Kier molecular flexibility index (Phi) is 4.93. The Morgan fingerprint density at radius 2 is 1.62 bits per heavy atom. The van der Waals surface area contributed by atoms with Crippen LogP contribution in [0.5, 0.6) is 11.5 Å². The number of methoxy groups -OCH3 is 2. The molecule has 0 unspecified atom stereocenters. The van der Waals surface area contributed by atoms with Gasteiger partial charge in [-0.15, -0.1) is 0 Å². The molecule has 0 aliphatic heterocycles. The fourth-order valence-electron chi connectivity index (χ4n) is 2.23. The third-order valence-electron chi connectivity index (χ3n) is 3.69. The van der Waals surface area contributed by atoms with E-state index in [1.54, 1.807) is 14.2 Å². The van der Waals surface area contributed by atoms with E-state index in [0.29, 0.717) is 0 Å². The Hall–Kier alpha value is -1.49. The highest BCUT2D eigenvalue weighted by Gasteiger charge is 2.10. The minimum Gasteiger partial charge on any atom is -0.496 e. The minimum absolute atomic E-state index is 0.879. The zero-order valence-corrected chi connectivity index (χ0v) is 14.9. The Labute approximate surface area is 139 Å². The van der Waals surface area contributed by atoms with E-state index in [-0.39, 0.29) is 0 Å². The van der Waals surface area contributed by atoms with Crippen molar-refractivity contribution in [3.8, 4) is 11.5 Å². The Morgan fingerprint density at radius 1 is 0.952 bits per heavy atom. The third kappa shape index (κ3) is 3.23. The fraction of sp³-hybridized carbons (Fsp3) is 0.222. The number of aryl methyl sites for hydroxylation is 1. The molecule has 0 fully saturated rings. The molecule has 0 saturated heterocycles. The number of rotatable bonds is 4. The average Bonchev–Trinajstić information content (AvgIpc) is 2.49. The molecule has 21 heavy (non-hydrogen) atoms. The maximum Gasteiger partial charge on any atom is 0.132 e. The van der Waals surface area contributed by atoms with Crippen LogP contribution >= 0.6 is 22.6 Å². The summed E-state index contributed by atoms with van der Waals surface area (Å²) in [6, 6.07) is 10.3. The summed E-state index contributed by atoms with van der Waals surface area (Å²) < 4.78 is 11.8. The van der Waals surface area contributed by atoms with Crippen LogP contribution in [0.3, 0.4) is 0 Å². The predicted molar refractivity (Wildman–Crippen MR) is 96.3 cm³/mol. The second-order valence-corrected chi connectivity index (χ2v) is 6.11. The van der Waals surface area contributed by atoms with Crippen molar-refractivity contribution in [2.75, 3.05) is 14.2 Å². The molecule has 2 aromatic carbocycles. The Balaban J connectivity index is 2.45. The van der Waals surface area contributed by atoms with Gasteiger partial charge in [0.2, 0.25) is 0 Å². The first-order valence-electron chi connectivity index (χ1n) is 6.66. The largest absolute Gasteiger partial charge is 0.496 e. The molecule has 0 radical (unpaired) electrons. The van der Waals surface area contributed by atoms with Gasteiger partial charge in [-0.25, -0.2) is 0 Å². The van der Waals surface area contributed by atoms with E-state index in [9.17, 15) is 0 Å². The van der Waals surface area contributed by atoms with Crippen LogP contribution in [0.15, 0.2) is 36.9 Å². The number of ether oxygens (including phenoxy) is 2. The highest BCUT2D eigenvalue weighted by Crippen LogP contribution is 2.32. The van der Waals surface area contributed by atoms with Crippen LogP contribution in [0.4, 0.5) is 0 Å². The fourth-order valence-corrected chi connectivity index (χ4v) is 2.97. The summed E-state index contributed by atoms with van der Waals surface area (Å²) in [5.41, 5.74) is 5.52. The number of benzene rings is 2. The number of halogens is 1. The van der Waals surface area contributed by atoms with E-state index in [1.165, 1.54) is 11.1 Å². The van der Waals surface area contributed by atoms with Crippen molar-refractivity contribution in [3.05, 3.63) is 62.7 Å². The van der Waals surface area contributed by atoms with Gasteiger partial charge in [0.1, 0.15) is 11.5 Å². The van der Waals surface area contributed by atoms with Crippen molar-refractivity contribution in [2.45, 2.75) is 13.8 Å². The molecule has 0 N–H and O–H groups in total. The zero-order chi connectivity index (χ0) is 15.6. The van der Waals surface area contributed by atoms with Gasteiger partial charge in [-0.1, -0.05) is 18.7 Å².